The van der Waals surface area contributed by atoms with E-state index in [1.165, 1.54) is 10.4 Å². The van der Waals surface area contributed by atoms with Crippen LogP contribution < -0.4 is 10.4 Å². The van der Waals surface area contributed by atoms with Crippen molar-refractivity contribution in [3.05, 3.63) is 102 Å². The van der Waals surface area contributed by atoms with E-state index >= 15 is 0 Å². The minimum absolute atomic E-state index is 0.0610. The van der Waals surface area contributed by atoms with E-state index in [4.69, 9.17) is 14.1 Å². The van der Waals surface area contributed by atoms with E-state index in [-0.39, 0.29) is 10.7 Å². The highest BCUT2D eigenvalue weighted by atomic mass is 28.4. The van der Waals surface area contributed by atoms with Gasteiger partial charge in [0.2, 0.25) is 0 Å². The van der Waals surface area contributed by atoms with Crippen molar-refractivity contribution in [2.75, 3.05) is 6.61 Å². The lowest BCUT2D eigenvalue weighted by molar-refractivity contribution is 0.00625. The van der Waals surface area contributed by atoms with Gasteiger partial charge in [0.15, 0.2) is 5.69 Å². The van der Waals surface area contributed by atoms with Crippen LogP contribution >= 0.6 is 0 Å². The number of carbonyl (C=O) groups excluding carboxylic acids is 1. The van der Waals surface area contributed by atoms with Gasteiger partial charge in [-0.3, -0.25) is 0 Å². The highest BCUT2D eigenvalue weighted by molar-refractivity contribution is 6.99. The van der Waals surface area contributed by atoms with Crippen molar-refractivity contribution in [2.24, 2.45) is 0 Å². The molecule has 0 unspecified atom stereocenters. The summed E-state index contributed by atoms with van der Waals surface area (Å²) in [5.41, 5.74) is 1.53. The maximum atomic E-state index is 13.0. The van der Waals surface area contributed by atoms with Crippen LogP contribution in [0.1, 0.15) is 70.6 Å². The van der Waals surface area contributed by atoms with Gasteiger partial charge < -0.3 is 9.16 Å². The summed E-state index contributed by atoms with van der Waals surface area (Å²) in [6.07, 6.45) is 5.53. The van der Waals surface area contributed by atoms with Gasteiger partial charge in [-0.1, -0.05) is 99.6 Å². The Morgan fingerprint density at radius 2 is 1.30 bits per heavy atom. The Labute approximate surface area is 239 Å². The molecule has 5 nitrogen and oxygen atoms in total. The summed E-state index contributed by atoms with van der Waals surface area (Å²) >= 11 is 0. The lowest BCUT2D eigenvalue weighted by Gasteiger charge is -2.43. The average Bonchev–Trinajstić information content (AvgIpc) is 2.91. The number of hydrogen-bond donors (Lipinski definition) is 0. The summed E-state index contributed by atoms with van der Waals surface area (Å²) in [6.45, 7) is 13.0. The van der Waals surface area contributed by atoms with Crippen LogP contribution in [0.2, 0.25) is 5.04 Å². The zero-order valence-corrected chi connectivity index (χ0v) is 25.5. The first-order valence-electron chi connectivity index (χ1n) is 13.9. The van der Waals surface area contributed by atoms with E-state index in [1.54, 1.807) is 0 Å². The van der Waals surface area contributed by atoms with E-state index in [9.17, 15) is 4.79 Å². The van der Waals surface area contributed by atoms with Crippen molar-refractivity contribution in [1.82, 2.24) is 9.97 Å². The third kappa shape index (κ3) is 6.74. The number of rotatable bonds is 9. The molecule has 0 saturated heterocycles. The van der Waals surface area contributed by atoms with Gasteiger partial charge in [-0.2, -0.15) is 0 Å². The molecule has 1 heterocycles. The predicted molar refractivity (Wildman–Crippen MR) is 167 cm³/mol. The Balaban J connectivity index is 1.53. The molecule has 0 saturated carbocycles. The van der Waals surface area contributed by atoms with Gasteiger partial charge in [-0.25, -0.2) is 14.8 Å². The molecule has 0 aliphatic rings. The zero-order chi connectivity index (χ0) is 28.8. The summed E-state index contributed by atoms with van der Waals surface area (Å²) in [5.74, 6) is -0.472. The van der Waals surface area contributed by atoms with Crippen molar-refractivity contribution in [3.63, 3.8) is 0 Å². The SMILES string of the molecule is CC(C)(C)OC(=O)c1nc2ccccc2nc1/C=C/CCCO[Si](c1ccccc1)(c1ccccc1)C(C)(C)C. The summed E-state index contributed by atoms with van der Waals surface area (Å²) in [7, 11) is -2.56. The Bertz CT molecular complexity index is 1420. The van der Waals surface area contributed by atoms with Crippen molar-refractivity contribution >= 4 is 41.8 Å². The minimum atomic E-state index is -2.56. The molecular weight excluding hydrogens is 512 g/mol. The molecule has 208 valence electrons. The van der Waals surface area contributed by atoms with Crippen molar-refractivity contribution in [2.45, 2.75) is 65.0 Å². The molecule has 40 heavy (non-hydrogen) atoms. The Hall–Kier alpha value is -3.61. The molecule has 0 bridgehead atoms. The van der Waals surface area contributed by atoms with Gasteiger partial charge in [0, 0.05) is 6.61 Å². The molecule has 3 aromatic carbocycles. The molecule has 4 rings (SSSR count). The second kappa shape index (κ2) is 12.3. The molecule has 0 aliphatic heterocycles. The molecule has 0 amide bonds. The van der Waals surface area contributed by atoms with Crippen LogP contribution in [0, 0.1) is 0 Å². The molecule has 0 spiro atoms. The number of unbranched alkanes of at least 4 members (excludes halogenated alkanes) is 1. The van der Waals surface area contributed by atoms with Crippen LogP contribution in [-0.2, 0) is 9.16 Å². The van der Waals surface area contributed by atoms with Crippen LogP contribution in [0.25, 0.3) is 17.1 Å². The fourth-order valence-electron chi connectivity index (χ4n) is 4.99. The third-order valence-corrected chi connectivity index (χ3v) is 11.8. The number of para-hydroxylation sites is 2. The number of benzene rings is 3. The highest BCUT2D eigenvalue weighted by Gasteiger charge is 2.49. The molecule has 0 aliphatic carbocycles. The van der Waals surface area contributed by atoms with Gasteiger partial charge in [0.1, 0.15) is 5.60 Å². The molecule has 0 N–H and O–H groups in total. The molecular formula is C34H40N2O3Si. The number of fused-ring (bicyclic) bond motifs is 1. The van der Waals surface area contributed by atoms with Crippen LogP contribution in [0.3, 0.4) is 0 Å². The second-order valence-electron chi connectivity index (χ2n) is 12.0. The van der Waals surface area contributed by atoms with Gasteiger partial charge >= 0.3 is 5.97 Å². The van der Waals surface area contributed by atoms with E-state index in [0.29, 0.717) is 17.8 Å². The predicted octanol–water partition coefficient (Wildman–Crippen LogP) is 6.96. The molecule has 0 atom stereocenters. The quantitative estimate of drug-likeness (QED) is 0.128. The maximum absolute atomic E-state index is 13.0. The monoisotopic (exact) mass is 552 g/mol. The van der Waals surface area contributed by atoms with Crippen LogP contribution in [0.15, 0.2) is 91.0 Å². The van der Waals surface area contributed by atoms with Crippen molar-refractivity contribution in [3.8, 4) is 0 Å². The molecule has 1 aromatic heterocycles. The first kappa shape index (κ1) is 29.4. The number of esters is 1. The highest BCUT2D eigenvalue weighted by Crippen LogP contribution is 2.36. The summed E-state index contributed by atoms with van der Waals surface area (Å²) in [4.78, 5) is 22.3. The summed E-state index contributed by atoms with van der Waals surface area (Å²) in [6, 6.07) is 28.9. The molecule has 6 heteroatoms. The largest absolute Gasteiger partial charge is 0.455 e. The number of allylic oxidation sites excluding steroid dienone is 1. The Morgan fingerprint density at radius 1 is 0.775 bits per heavy atom. The Morgan fingerprint density at radius 3 is 1.82 bits per heavy atom. The van der Waals surface area contributed by atoms with Gasteiger partial charge in [-0.05, 0) is 67.2 Å². The first-order chi connectivity index (χ1) is 19.0. The fraction of sp³-hybridized carbons (Fsp3) is 0.324. The number of hydrogen-bond acceptors (Lipinski definition) is 5. The topological polar surface area (TPSA) is 61.3 Å². The molecule has 0 radical (unpaired) electrons. The van der Waals surface area contributed by atoms with E-state index in [2.05, 4.69) is 86.4 Å². The maximum Gasteiger partial charge on any atom is 0.359 e. The molecule has 4 aromatic rings. The normalized spacial score (nSPS) is 12.7. The van der Waals surface area contributed by atoms with Crippen LogP contribution in [0.4, 0.5) is 0 Å². The third-order valence-electron chi connectivity index (χ3n) is 6.72. The van der Waals surface area contributed by atoms with E-state index in [0.717, 1.165) is 18.4 Å². The van der Waals surface area contributed by atoms with E-state index in [1.807, 2.05) is 57.2 Å². The average molecular weight is 553 g/mol. The molecule has 0 fully saturated rings. The standard InChI is InChI=1S/C34H40N2O3Si/c1-33(2,3)39-32(37)31-30(35-28-22-15-16-23-29(28)36-31)24-14-9-17-25-38-40(34(4,5)6,26-18-10-7-11-19-26)27-20-12-8-13-21-27/h7-8,10-16,18-24H,9,17,25H2,1-6H3/b24-14+. The van der Waals surface area contributed by atoms with Crippen molar-refractivity contribution in [1.29, 1.82) is 0 Å². The van der Waals surface area contributed by atoms with Crippen molar-refractivity contribution < 1.29 is 14.0 Å². The van der Waals surface area contributed by atoms with Gasteiger partial charge in [0.05, 0.1) is 16.7 Å². The number of nitrogens with zero attached hydrogens (tertiary/aromatic N) is 2. The minimum Gasteiger partial charge on any atom is -0.455 e. The lowest BCUT2D eigenvalue weighted by Crippen LogP contribution is -2.66. The lowest BCUT2D eigenvalue weighted by atomic mass is 10.2. The summed E-state index contributed by atoms with van der Waals surface area (Å²) < 4.78 is 12.6. The number of ether oxygens (including phenoxy) is 1. The smallest absolute Gasteiger partial charge is 0.359 e. The first-order valence-corrected chi connectivity index (χ1v) is 15.8. The Kier molecular flexibility index (Phi) is 9.01. The zero-order valence-electron chi connectivity index (χ0n) is 24.5. The van der Waals surface area contributed by atoms with Crippen LogP contribution in [-0.4, -0.2) is 36.5 Å². The van der Waals surface area contributed by atoms with Gasteiger partial charge in [0.25, 0.3) is 8.32 Å². The van der Waals surface area contributed by atoms with Crippen LogP contribution in [0.5, 0.6) is 0 Å². The van der Waals surface area contributed by atoms with E-state index < -0.39 is 19.9 Å². The number of carbonyl (C=O) groups is 1. The fourth-order valence-corrected chi connectivity index (χ4v) is 9.60. The second-order valence-corrected chi connectivity index (χ2v) is 16.3. The number of aromatic nitrogens is 2. The summed E-state index contributed by atoms with van der Waals surface area (Å²) in [5, 5.41) is 2.49. The van der Waals surface area contributed by atoms with Gasteiger partial charge in [-0.15, -0.1) is 0 Å².